The maximum atomic E-state index is 12.8. The number of thioether (sulfide) groups is 1. The second kappa shape index (κ2) is 7.65. The predicted octanol–water partition coefficient (Wildman–Crippen LogP) is 4.25. The Hall–Kier alpha value is -2.09. The summed E-state index contributed by atoms with van der Waals surface area (Å²) in [5.74, 6) is -0.165. The van der Waals surface area contributed by atoms with Crippen molar-refractivity contribution in [3.63, 3.8) is 0 Å². The Morgan fingerprint density at radius 3 is 2.62 bits per heavy atom. The molecule has 0 saturated carbocycles. The van der Waals surface area contributed by atoms with Gasteiger partial charge in [0.15, 0.2) is 4.34 Å². The van der Waals surface area contributed by atoms with E-state index in [9.17, 15) is 4.79 Å². The molecule has 0 saturated heterocycles. The summed E-state index contributed by atoms with van der Waals surface area (Å²) in [6.45, 7) is 0. The lowest BCUT2D eigenvalue weighted by Gasteiger charge is -2.16. The first-order valence-electron chi connectivity index (χ1n) is 6.99. The van der Waals surface area contributed by atoms with Gasteiger partial charge in [-0.2, -0.15) is 0 Å². The molecule has 0 bridgehead atoms. The van der Waals surface area contributed by atoms with Crippen molar-refractivity contribution in [3.05, 3.63) is 65.2 Å². The summed E-state index contributed by atoms with van der Waals surface area (Å²) < 4.78 is 0.626. The first-order chi connectivity index (χ1) is 11.6. The van der Waals surface area contributed by atoms with Gasteiger partial charge in [-0.25, -0.2) is 0 Å². The first kappa shape index (κ1) is 16.8. The summed E-state index contributed by atoms with van der Waals surface area (Å²) in [6, 6.07) is 16.5. The van der Waals surface area contributed by atoms with Crippen molar-refractivity contribution in [1.29, 1.82) is 0 Å². The lowest BCUT2D eigenvalue weighted by atomic mass is 10.1. The number of carbonyl (C=O) groups is 1. The number of benzene rings is 2. The largest absolute Gasteiger partial charge is 0.374 e. The zero-order valence-corrected chi connectivity index (χ0v) is 14.7. The Bertz CT molecular complexity index is 841. The van der Waals surface area contributed by atoms with Gasteiger partial charge in [-0.05, 0) is 29.8 Å². The van der Waals surface area contributed by atoms with Crippen molar-refractivity contribution in [3.8, 4) is 0 Å². The number of nitrogens with one attached hydrogen (secondary N) is 1. The first-order valence-corrected chi connectivity index (χ1v) is 9.06. The van der Waals surface area contributed by atoms with Crippen LogP contribution < -0.4 is 11.1 Å². The molecule has 1 atom stereocenters. The predicted molar refractivity (Wildman–Crippen MR) is 99.4 cm³/mol. The van der Waals surface area contributed by atoms with Crippen LogP contribution in [0.4, 0.5) is 10.8 Å². The van der Waals surface area contributed by atoms with Gasteiger partial charge in [0.1, 0.15) is 5.25 Å². The molecule has 0 aliphatic heterocycles. The molecule has 3 N–H and O–H groups in total. The average molecular weight is 377 g/mol. The van der Waals surface area contributed by atoms with Crippen LogP contribution in [0, 0.1) is 0 Å². The van der Waals surface area contributed by atoms with Gasteiger partial charge >= 0.3 is 0 Å². The molecule has 1 amide bonds. The molecule has 0 radical (unpaired) electrons. The molecule has 5 nitrogen and oxygen atoms in total. The minimum atomic E-state index is -0.517. The molecule has 0 aliphatic rings. The van der Waals surface area contributed by atoms with Crippen molar-refractivity contribution in [2.24, 2.45) is 0 Å². The highest BCUT2D eigenvalue weighted by atomic mass is 35.5. The van der Waals surface area contributed by atoms with Crippen LogP contribution in [0.3, 0.4) is 0 Å². The molecule has 1 unspecified atom stereocenters. The quantitative estimate of drug-likeness (QED) is 0.651. The molecule has 0 fully saturated rings. The number of para-hydroxylation sites is 1. The normalized spacial score (nSPS) is 11.9. The molecule has 3 rings (SSSR count). The number of amides is 1. The third-order valence-corrected chi connectivity index (χ3v) is 5.40. The molecule has 2 aromatic carbocycles. The van der Waals surface area contributed by atoms with E-state index in [0.29, 0.717) is 14.5 Å². The number of nitrogens with two attached hydrogens (primary N) is 1. The third kappa shape index (κ3) is 4.25. The number of hydrogen-bond donors (Lipinski definition) is 2. The smallest absolute Gasteiger partial charge is 0.242 e. The highest BCUT2D eigenvalue weighted by molar-refractivity contribution is 8.02. The van der Waals surface area contributed by atoms with Crippen molar-refractivity contribution in [2.45, 2.75) is 9.59 Å². The van der Waals surface area contributed by atoms with Gasteiger partial charge in [0.05, 0.1) is 0 Å². The fourth-order valence-electron chi connectivity index (χ4n) is 2.04. The zero-order valence-electron chi connectivity index (χ0n) is 12.3. The Morgan fingerprint density at radius 2 is 1.96 bits per heavy atom. The highest BCUT2D eigenvalue weighted by Crippen LogP contribution is 2.38. The van der Waals surface area contributed by atoms with Crippen LogP contribution in [-0.4, -0.2) is 16.1 Å². The minimum absolute atomic E-state index is 0.165. The van der Waals surface area contributed by atoms with Gasteiger partial charge in [-0.3, -0.25) is 4.79 Å². The van der Waals surface area contributed by atoms with Gasteiger partial charge in [0, 0.05) is 10.7 Å². The van der Waals surface area contributed by atoms with Crippen LogP contribution >= 0.6 is 34.7 Å². The maximum Gasteiger partial charge on any atom is 0.242 e. The molecule has 24 heavy (non-hydrogen) atoms. The zero-order chi connectivity index (χ0) is 16.9. The van der Waals surface area contributed by atoms with Crippen molar-refractivity contribution >= 4 is 51.4 Å². The third-order valence-electron chi connectivity index (χ3n) is 3.07. The van der Waals surface area contributed by atoms with E-state index in [-0.39, 0.29) is 5.91 Å². The van der Waals surface area contributed by atoms with E-state index in [4.69, 9.17) is 17.3 Å². The van der Waals surface area contributed by atoms with Gasteiger partial charge in [0.25, 0.3) is 0 Å². The second-order valence-corrected chi connectivity index (χ2v) is 7.61. The van der Waals surface area contributed by atoms with Crippen molar-refractivity contribution < 1.29 is 4.79 Å². The van der Waals surface area contributed by atoms with E-state index in [1.54, 1.807) is 12.1 Å². The fraction of sp³-hybridized carbons (Fsp3) is 0.0625. The molecule has 0 aliphatic carbocycles. The minimum Gasteiger partial charge on any atom is -0.374 e. The van der Waals surface area contributed by atoms with Crippen molar-refractivity contribution in [2.75, 3.05) is 11.1 Å². The summed E-state index contributed by atoms with van der Waals surface area (Å²) in [4.78, 5) is 12.8. The molecular weight excluding hydrogens is 364 g/mol. The van der Waals surface area contributed by atoms with Crippen molar-refractivity contribution in [1.82, 2.24) is 10.2 Å². The maximum absolute atomic E-state index is 12.8. The van der Waals surface area contributed by atoms with Crippen LogP contribution in [0.2, 0.25) is 5.02 Å². The van der Waals surface area contributed by atoms with E-state index in [0.717, 1.165) is 11.3 Å². The summed E-state index contributed by atoms with van der Waals surface area (Å²) in [7, 11) is 0. The topological polar surface area (TPSA) is 80.9 Å². The summed E-state index contributed by atoms with van der Waals surface area (Å²) in [5, 5.41) is 11.1. The van der Waals surface area contributed by atoms with Gasteiger partial charge in [0.2, 0.25) is 11.0 Å². The van der Waals surface area contributed by atoms with E-state index < -0.39 is 5.25 Å². The van der Waals surface area contributed by atoms with Crippen LogP contribution in [0.1, 0.15) is 10.8 Å². The molecule has 0 spiro atoms. The lowest BCUT2D eigenvalue weighted by Crippen LogP contribution is -2.19. The summed E-state index contributed by atoms with van der Waals surface area (Å²) >= 11 is 8.61. The standard InChI is InChI=1S/C16H13ClN4OS2/c17-11-6-4-5-10(9-11)13(23-16-21-20-15(18)24-16)14(22)19-12-7-2-1-3-8-12/h1-9,13H,(H2,18,20)(H,19,22). The van der Waals surface area contributed by atoms with E-state index >= 15 is 0 Å². The SMILES string of the molecule is Nc1nnc(SC(C(=O)Nc2ccccc2)c2cccc(Cl)c2)s1. The number of anilines is 2. The van der Waals surface area contributed by atoms with E-state index in [1.165, 1.54) is 23.1 Å². The van der Waals surface area contributed by atoms with Gasteiger partial charge in [-0.1, -0.05) is 65.0 Å². The molecule has 3 aromatic rings. The molecular formula is C16H13ClN4OS2. The number of nitrogens with zero attached hydrogens (tertiary/aromatic N) is 2. The molecule has 122 valence electrons. The molecule has 8 heteroatoms. The monoisotopic (exact) mass is 376 g/mol. The van der Waals surface area contributed by atoms with Crippen LogP contribution in [0.15, 0.2) is 58.9 Å². The van der Waals surface area contributed by atoms with E-state index in [1.807, 2.05) is 42.5 Å². The van der Waals surface area contributed by atoms with Gasteiger partial charge in [-0.15, -0.1) is 10.2 Å². The molecule has 1 heterocycles. The number of carbonyl (C=O) groups excluding carboxylic acids is 1. The van der Waals surface area contributed by atoms with Gasteiger partial charge < -0.3 is 11.1 Å². The second-order valence-electron chi connectivity index (χ2n) is 4.81. The number of aromatic nitrogens is 2. The Kier molecular flexibility index (Phi) is 5.34. The van der Waals surface area contributed by atoms with Crippen LogP contribution in [0.5, 0.6) is 0 Å². The fourth-order valence-corrected chi connectivity index (χ4v) is 4.06. The van der Waals surface area contributed by atoms with Crippen LogP contribution in [0.25, 0.3) is 0 Å². The number of halogens is 1. The lowest BCUT2D eigenvalue weighted by molar-refractivity contribution is -0.115. The molecule has 1 aromatic heterocycles. The Morgan fingerprint density at radius 1 is 1.17 bits per heavy atom. The van der Waals surface area contributed by atoms with Crippen LogP contribution in [-0.2, 0) is 4.79 Å². The highest BCUT2D eigenvalue weighted by Gasteiger charge is 2.24. The summed E-state index contributed by atoms with van der Waals surface area (Å²) in [5.41, 5.74) is 7.14. The number of hydrogen-bond acceptors (Lipinski definition) is 6. The number of nitrogen functional groups attached to an aromatic ring is 1. The summed E-state index contributed by atoms with van der Waals surface area (Å²) in [6.07, 6.45) is 0. The number of rotatable bonds is 5. The Balaban J connectivity index is 1.87. The Labute approximate surface area is 152 Å². The van der Waals surface area contributed by atoms with E-state index in [2.05, 4.69) is 15.5 Å². The average Bonchev–Trinajstić information content (AvgIpc) is 2.98.